The van der Waals surface area contributed by atoms with Crippen LogP contribution in [0.25, 0.3) is 61.4 Å². The summed E-state index contributed by atoms with van der Waals surface area (Å²) in [5.41, 5.74) is 7.13. The van der Waals surface area contributed by atoms with Crippen molar-refractivity contribution in [2.24, 2.45) is 0 Å². The average Bonchev–Trinajstić information content (AvgIpc) is 3.57. The van der Waals surface area contributed by atoms with E-state index in [9.17, 15) is 5.11 Å². The van der Waals surface area contributed by atoms with Crippen LogP contribution in [0.15, 0.2) is 109 Å². The van der Waals surface area contributed by atoms with Crippen LogP contribution in [0.5, 0.6) is 5.75 Å². The van der Waals surface area contributed by atoms with Crippen LogP contribution in [-0.4, -0.2) is 19.6 Å². The van der Waals surface area contributed by atoms with Crippen molar-refractivity contribution in [1.29, 1.82) is 0 Å². The highest BCUT2D eigenvalue weighted by atomic mass is 35.5. The summed E-state index contributed by atoms with van der Waals surface area (Å²) in [6, 6.07) is 36.0. The highest BCUT2D eigenvalue weighted by molar-refractivity contribution is 6.34. The maximum atomic E-state index is 12.1. The number of hydrogen-bond acceptors (Lipinski definition) is 2. The maximum absolute atomic E-state index is 12.1. The number of benzene rings is 5. The molecule has 0 aliphatic rings. The minimum atomic E-state index is -0.209. The molecule has 5 aromatic carbocycles. The van der Waals surface area contributed by atoms with Gasteiger partial charge >= 0.3 is 0 Å². The van der Waals surface area contributed by atoms with E-state index in [0.717, 1.165) is 44.2 Å². The first-order valence-electron chi connectivity index (χ1n) is 14.2. The molecule has 43 heavy (non-hydrogen) atoms. The summed E-state index contributed by atoms with van der Waals surface area (Å²) in [7, 11) is 0. The van der Waals surface area contributed by atoms with Crippen LogP contribution in [-0.2, 0) is 5.41 Å². The Morgan fingerprint density at radius 3 is 1.79 bits per heavy atom. The quantitative estimate of drug-likeness (QED) is 0.211. The molecule has 2 N–H and O–H groups in total. The minimum Gasteiger partial charge on any atom is -0.505 e. The SMILES string of the molecule is CC(C)(C)c1cc(-c2nc(-c3ccccc3Cl)c(-c3ccccc3Cl)[nH]2)c(O)c(-n2c3ccccc3c3ccccc32)c1. The van der Waals surface area contributed by atoms with Gasteiger partial charge in [0.2, 0.25) is 0 Å². The largest absolute Gasteiger partial charge is 0.505 e. The molecule has 0 bridgehead atoms. The standard InChI is InChI=1S/C37H29Cl2N3O/c1-37(2,3)22-20-27(35(43)32(21-22)42-30-18-10-6-12-23(30)24-13-7-11-19-31(24)42)36-40-33(25-14-4-8-16-28(25)38)34(41-36)26-15-5-9-17-29(26)39/h4-21,43H,1-3H3,(H,40,41). The molecule has 0 spiro atoms. The Morgan fingerprint density at radius 1 is 0.674 bits per heavy atom. The zero-order valence-electron chi connectivity index (χ0n) is 24.0. The number of H-pyrrole nitrogens is 1. The second-order valence-electron chi connectivity index (χ2n) is 11.8. The summed E-state index contributed by atoms with van der Waals surface area (Å²) >= 11 is 13.4. The number of aromatic amines is 1. The smallest absolute Gasteiger partial charge is 0.150 e. The number of rotatable bonds is 4. The number of imidazole rings is 1. The Bertz CT molecular complexity index is 2050. The van der Waals surface area contributed by atoms with E-state index >= 15 is 0 Å². The molecule has 0 unspecified atom stereocenters. The molecule has 0 fully saturated rings. The second-order valence-corrected chi connectivity index (χ2v) is 12.6. The van der Waals surface area contributed by atoms with E-state index in [0.29, 0.717) is 32.8 Å². The van der Waals surface area contributed by atoms with E-state index in [1.165, 1.54) is 0 Å². The van der Waals surface area contributed by atoms with Crippen LogP contribution in [0.1, 0.15) is 26.3 Å². The number of nitrogens with zero attached hydrogens (tertiary/aromatic N) is 2. The Hall–Kier alpha value is -4.51. The van der Waals surface area contributed by atoms with Crippen LogP contribution < -0.4 is 0 Å². The number of phenolic OH excluding ortho intramolecular Hbond substituents is 1. The van der Waals surface area contributed by atoms with E-state index in [4.69, 9.17) is 28.2 Å². The molecule has 0 amide bonds. The van der Waals surface area contributed by atoms with Gasteiger partial charge in [0, 0.05) is 26.9 Å². The summed E-state index contributed by atoms with van der Waals surface area (Å²) < 4.78 is 2.14. The first-order valence-corrected chi connectivity index (χ1v) is 14.9. The molecule has 0 aliphatic heterocycles. The van der Waals surface area contributed by atoms with Gasteiger partial charge in [-0.05, 0) is 47.4 Å². The Balaban J connectivity index is 1.55. The normalized spacial score (nSPS) is 11.9. The molecular formula is C37H29Cl2N3O. The third-order valence-corrected chi connectivity index (χ3v) is 8.67. The van der Waals surface area contributed by atoms with Crippen LogP contribution in [0, 0.1) is 0 Å². The Kier molecular flexibility index (Phi) is 6.57. The van der Waals surface area contributed by atoms with Crippen molar-refractivity contribution in [3.05, 3.63) is 125 Å². The summed E-state index contributed by atoms with van der Waals surface area (Å²) in [5.74, 6) is 0.653. The Labute approximate surface area is 260 Å². The first-order chi connectivity index (χ1) is 20.7. The topological polar surface area (TPSA) is 53.8 Å². The van der Waals surface area contributed by atoms with Crippen LogP contribution in [0.2, 0.25) is 10.0 Å². The van der Waals surface area contributed by atoms with Crippen molar-refractivity contribution in [3.63, 3.8) is 0 Å². The average molecular weight is 603 g/mol. The van der Waals surface area contributed by atoms with E-state index in [1.54, 1.807) is 0 Å². The number of halogens is 2. The van der Waals surface area contributed by atoms with Crippen molar-refractivity contribution in [3.8, 4) is 45.3 Å². The predicted octanol–water partition coefficient (Wildman–Crippen LogP) is 10.8. The first kappa shape index (κ1) is 27.3. The van der Waals surface area contributed by atoms with Gasteiger partial charge < -0.3 is 14.7 Å². The van der Waals surface area contributed by atoms with Gasteiger partial charge in [0.05, 0.1) is 38.7 Å². The van der Waals surface area contributed by atoms with E-state index < -0.39 is 0 Å². The molecule has 2 heterocycles. The Morgan fingerprint density at radius 2 is 1.21 bits per heavy atom. The van der Waals surface area contributed by atoms with Gasteiger partial charge in [0.1, 0.15) is 5.82 Å². The zero-order valence-corrected chi connectivity index (χ0v) is 25.5. The van der Waals surface area contributed by atoms with Crippen molar-refractivity contribution in [2.75, 3.05) is 0 Å². The van der Waals surface area contributed by atoms with Crippen molar-refractivity contribution in [2.45, 2.75) is 26.2 Å². The maximum Gasteiger partial charge on any atom is 0.150 e. The summed E-state index contributed by atoms with van der Waals surface area (Å²) in [5, 5.41) is 15.6. The van der Waals surface area contributed by atoms with Crippen LogP contribution in [0.3, 0.4) is 0 Å². The lowest BCUT2D eigenvalue weighted by molar-refractivity contribution is 0.473. The molecule has 0 saturated heterocycles. The molecule has 0 atom stereocenters. The molecule has 6 heteroatoms. The van der Waals surface area contributed by atoms with Gasteiger partial charge in [0.15, 0.2) is 5.75 Å². The van der Waals surface area contributed by atoms with Gasteiger partial charge in [-0.1, -0.05) is 117 Å². The fraction of sp³-hybridized carbons (Fsp3) is 0.108. The molecule has 0 aliphatic carbocycles. The lowest BCUT2D eigenvalue weighted by Gasteiger charge is -2.23. The second kappa shape index (κ2) is 10.3. The van der Waals surface area contributed by atoms with E-state index in [-0.39, 0.29) is 11.2 Å². The van der Waals surface area contributed by atoms with Crippen LogP contribution >= 0.6 is 23.2 Å². The third-order valence-electron chi connectivity index (χ3n) is 8.01. The molecule has 212 valence electrons. The minimum absolute atomic E-state index is 0.129. The molecular weight excluding hydrogens is 573 g/mol. The number of aromatic nitrogens is 3. The van der Waals surface area contributed by atoms with E-state index in [2.05, 4.69) is 60.7 Å². The van der Waals surface area contributed by atoms with Gasteiger partial charge in [-0.15, -0.1) is 0 Å². The molecule has 0 radical (unpaired) electrons. The zero-order chi connectivity index (χ0) is 29.9. The number of phenols is 1. The number of para-hydroxylation sites is 2. The molecule has 0 saturated carbocycles. The monoisotopic (exact) mass is 601 g/mol. The van der Waals surface area contributed by atoms with E-state index in [1.807, 2.05) is 78.9 Å². The van der Waals surface area contributed by atoms with Crippen molar-refractivity contribution >= 4 is 45.0 Å². The fourth-order valence-corrected chi connectivity index (χ4v) is 6.25. The predicted molar refractivity (Wildman–Crippen MR) is 180 cm³/mol. The van der Waals surface area contributed by atoms with Crippen molar-refractivity contribution < 1.29 is 5.11 Å². The van der Waals surface area contributed by atoms with Gasteiger partial charge in [0.25, 0.3) is 0 Å². The summed E-state index contributed by atoms with van der Waals surface area (Å²) in [6.45, 7) is 6.52. The lowest BCUT2D eigenvalue weighted by Crippen LogP contribution is -2.12. The summed E-state index contributed by atoms with van der Waals surface area (Å²) in [6.07, 6.45) is 0. The third kappa shape index (κ3) is 4.58. The lowest BCUT2D eigenvalue weighted by atomic mass is 9.85. The molecule has 2 aromatic heterocycles. The number of fused-ring (bicyclic) bond motifs is 3. The number of hydrogen-bond donors (Lipinski definition) is 2. The molecule has 7 aromatic rings. The summed E-state index contributed by atoms with van der Waals surface area (Å²) in [4.78, 5) is 8.62. The van der Waals surface area contributed by atoms with Crippen molar-refractivity contribution in [1.82, 2.24) is 14.5 Å². The highest BCUT2D eigenvalue weighted by Gasteiger charge is 2.26. The number of aromatic hydroxyl groups is 1. The highest BCUT2D eigenvalue weighted by Crippen LogP contribution is 2.44. The van der Waals surface area contributed by atoms with Crippen LogP contribution in [0.4, 0.5) is 0 Å². The van der Waals surface area contributed by atoms with Gasteiger partial charge in [-0.3, -0.25) is 0 Å². The van der Waals surface area contributed by atoms with Gasteiger partial charge in [-0.2, -0.15) is 0 Å². The van der Waals surface area contributed by atoms with Gasteiger partial charge in [-0.25, -0.2) is 4.98 Å². The molecule has 4 nitrogen and oxygen atoms in total. The molecule has 7 rings (SSSR count). The number of nitrogens with one attached hydrogen (secondary N) is 1. The fourth-order valence-electron chi connectivity index (χ4n) is 5.79.